The lowest BCUT2D eigenvalue weighted by Crippen LogP contribution is -2.34. The van der Waals surface area contributed by atoms with E-state index < -0.39 is 0 Å². The first kappa shape index (κ1) is 13.1. The third kappa shape index (κ3) is 1.96. The molecule has 0 N–H and O–H groups in total. The van der Waals surface area contributed by atoms with Crippen molar-refractivity contribution < 1.29 is 14.3 Å². The number of hydrogen-bond acceptors (Lipinski definition) is 3. The fourth-order valence-corrected chi connectivity index (χ4v) is 2.96. The van der Waals surface area contributed by atoms with E-state index in [9.17, 15) is 9.59 Å². The maximum atomic E-state index is 12.6. The predicted molar refractivity (Wildman–Crippen MR) is 74.9 cm³/mol. The van der Waals surface area contributed by atoms with Gasteiger partial charge >= 0.3 is 0 Å². The maximum absolute atomic E-state index is 12.6. The van der Waals surface area contributed by atoms with E-state index in [2.05, 4.69) is 0 Å². The summed E-state index contributed by atoms with van der Waals surface area (Å²) in [5.74, 6) is -0.310. The molecular formula is C16H17NO3. The first-order valence-electron chi connectivity index (χ1n) is 6.90. The maximum Gasteiger partial charge on any atom is 0.261 e. The van der Waals surface area contributed by atoms with Crippen LogP contribution < -0.4 is 0 Å². The molecule has 20 heavy (non-hydrogen) atoms. The molecule has 1 aliphatic heterocycles. The lowest BCUT2D eigenvalue weighted by Gasteiger charge is -2.15. The highest BCUT2D eigenvalue weighted by Gasteiger charge is 2.39. The number of carbonyl (C=O) groups is 2. The number of benzene rings is 1. The average Bonchev–Trinajstić information content (AvgIpc) is 2.63. The first-order valence-corrected chi connectivity index (χ1v) is 6.90. The van der Waals surface area contributed by atoms with E-state index >= 15 is 0 Å². The van der Waals surface area contributed by atoms with Gasteiger partial charge in [-0.1, -0.05) is 24.3 Å². The molecule has 0 unspecified atom stereocenters. The van der Waals surface area contributed by atoms with Crippen molar-refractivity contribution in [3.8, 4) is 0 Å². The second kappa shape index (κ2) is 5.21. The average molecular weight is 271 g/mol. The number of fused-ring (bicyclic) bond motifs is 2. The highest BCUT2D eigenvalue weighted by atomic mass is 16.5. The van der Waals surface area contributed by atoms with Gasteiger partial charge in [0.2, 0.25) is 0 Å². The van der Waals surface area contributed by atoms with Crippen LogP contribution in [-0.2, 0) is 20.7 Å². The molecule has 0 aromatic heterocycles. The number of hydrogen-bond donors (Lipinski definition) is 0. The molecule has 1 heterocycles. The Morgan fingerprint density at radius 2 is 1.95 bits per heavy atom. The molecular weight excluding hydrogens is 254 g/mol. The van der Waals surface area contributed by atoms with Crippen molar-refractivity contribution >= 4 is 17.4 Å². The van der Waals surface area contributed by atoms with Gasteiger partial charge in [0.25, 0.3) is 11.8 Å². The van der Waals surface area contributed by atoms with E-state index in [1.807, 2.05) is 24.3 Å². The van der Waals surface area contributed by atoms with E-state index in [0.29, 0.717) is 30.7 Å². The molecule has 1 aliphatic carbocycles. The minimum Gasteiger partial charge on any atom is -0.383 e. The lowest BCUT2D eigenvalue weighted by molar-refractivity contribution is -0.137. The molecule has 4 heteroatoms. The Hall–Kier alpha value is -1.94. The summed E-state index contributed by atoms with van der Waals surface area (Å²) in [4.78, 5) is 26.3. The van der Waals surface area contributed by atoms with Gasteiger partial charge in [-0.05, 0) is 30.4 Å². The fourth-order valence-electron chi connectivity index (χ4n) is 2.96. The van der Waals surface area contributed by atoms with Crippen molar-refractivity contribution in [2.24, 2.45) is 0 Å². The van der Waals surface area contributed by atoms with Crippen molar-refractivity contribution in [1.82, 2.24) is 4.90 Å². The molecule has 0 saturated heterocycles. The largest absolute Gasteiger partial charge is 0.383 e. The Balaban J connectivity index is 2.03. The Bertz CT molecular complexity index is 603. The Labute approximate surface area is 118 Å². The van der Waals surface area contributed by atoms with E-state index in [1.165, 1.54) is 4.90 Å². The SMILES string of the molecule is COCCN1C(=O)C2=C(C1=O)c1ccccc1CCC2. The second-order valence-electron chi connectivity index (χ2n) is 5.12. The molecule has 3 rings (SSSR count). The lowest BCUT2D eigenvalue weighted by atomic mass is 9.98. The highest BCUT2D eigenvalue weighted by molar-refractivity contribution is 6.36. The number of imide groups is 1. The number of carbonyl (C=O) groups excluding carboxylic acids is 2. The van der Waals surface area contributed by atoms with E-state index in [1.54, 1.807) is 7.11 Å². The molecule has 4 nitrogen and oxygen atoms in total. The molecule has 2 aliphatic rings. The van der Waals surface area contributed by atoms with Gasteiger partial charge in [0.1, 0.15) is 0 Å². The third-order valence-corrected chi connectivity index (χ3v) is 3.94. The number of ether oxygens (including phenoxy) is 1. The smallest absolute Gasteiger partial charge is 0.261 e. The van der Waals surface area contributed by atoms with Crippen LogP contribution in [-0.4, -0.2) is 37.0 Å². The molecule has 1 aromatic carbocycles. The second-order valence-corrected chi connectivity index (χ2v) is 5.12. The zero-order valence-electron chi connectivity index (χ0n) is 11.5. The van der Waals surface area contributed by atoms with Gasteiger partial charge in [0.15, 0.2) is 0 Å². The molecule has 0 saturated carbocycles. The number of rotatable bonds is 3. The van der Waals surface area contributed by atoms with Gasteiger partial charge in [0.05, 0.1) is 18.7 Å². The third-order valence-electron chi connectivity index (χ3n) is 3.94. The van der Waals surface area contributed by atoms with Crippen molar-refractivity contribution in [3.05, 3.63) is 41.0 Å². The minimum atomic E-state index is -0.170. The summed E-state index contributed by atoms with van der Waals surface area (Å²) in [6, 6.07) is 7.89. The summed E-state index contributed by atoms with van der Waals surface area (Å²) in [7, 11) is 1.57. The van der Waals surface area contributed by atoms with Crippen LogP contribution in [0.25, 0.3) is 5.57 Å². The number of methoxy groups -OCH3 is 1. The molecule has 0 bridgehead atoms. The van der Waals surface area contributed by atoms with Gasteiger partial charge in [-0.3, -0.25) is 14.5 Å². The van der Waals surface area contributed by atoms with E-state index in [0.717, 1.165) is 24.0 Å². The van der Waals surface area contributed by atoms with Crippen LogP contribution in [0.5, 0.6) is 0 Å². The van der Waals surface area contributed by atoms with Gasteiger partial charge in [-0.15, -0.1) is 0 Å². The number of amides is 2. The van der Waals surface area contributed by atoms with Crippen molar-refractivity contribution in [1.29, 1.82) is 0 Å². The zero-order valence-corrected chi connectivity index (χ0v) is 11.5. The van der Waals surface area contributed by atoms with Crippen LogP contribution in [0.15, 0.2) is 29.8 Å². The van der Waals surface area contributed by atoms with E-state index in [4.69, 9.17) is 4.74 Å². The summed E-state index contributed by atoms with van der Waals surface area (Å²) < 4.78 is 4.98. The molecule has 2 amide bonds. The van der Waals surface area contributed by atoms with Crippen LogP contribution in [0, 0.1) is 0 Å². The number of nitrogens with zero attached hydrogens (tertiary/aromatic N) is 1. The molecule has 0 radical (unpaired) electrons. The monoisotopic (exact) mass is 271 g/mol. The normalized spacial score (nSPS) is 18.1. The Kier molecular flexibility index (Phi) is 3.40. The van der Waals surface area contributed by atoms with Crippen LogP contribution in [0.2, 0.25) is 0 Å². The summed E-state index contributed by atoms with van der Waals surface area (Å²) >= 11 is 0. The Morgan fingerprint density at radius 1 is 1.15 bits per heavy atom. The van der Waals surface area contributed by atoms with Gasteiger partial charge in [-0.25, -0.2) is 0 Å². The molecule has 0 fully saturated rings. The van der Waals surface area contributed by atoms with Crippen LogP contribution in [0.4, 0.5) is 0 Å². The van der Waals surface area contributed by atoms with Crippen molar-refractivity contribution in [2.75, 3.05) is 20.3 Å². The first-order chi connectivity index (χ1) is 9.74. The van der Waals surface area contributed by atoms with Crippen LogP contribution in [0.3, 0.4) is 0 Å². The van der Waals surface area contributed by atoms with E-state index in [-0.39, 0.29) is 11.8 Å². The topological polar surface area (TPSA) is 46.6 Å². The molecule has 1 aromatic rings. The molecule has 104 valence electrons. The summed E-state index contributed by atoms with van der Waals surface area (Å²) in [6.07, 6.45) is 2.51. The van der Waals surface area contributed by atoms with Crippen LogP contribution >= 0.6 is 0 Å². The van der Waals surface area contributed by atoms with Crippen molar-refractivity contribution in [2.45, 2.75) is 19.3 Å². The fraction of sp³-hybridized carbons (Fsp3) is 0.375. The summed E-state index contributed by atoms with van der Waals surface area (Å²) in [5.41, 5.74) is 3.38. The summed E-state index contributed by atoms with van der Waals surface area (Å²) in [5, 5.41) is 0. The van der Waals surface area contributed by atoms with Crippen molar-refractivity contribution in [3.63, 3.8) is 0 Å². The van der Waals surface area contributed by atoms with Gasteiger partial charge in [-0.2, -0.15) is 0 Å². The minimum absolute atomic E-state index is 0.140. The van der Waals surface area contributed by atoms with Crippen LogP contribution in [0.1, 0.15) is 24.0 Å². The Morgan fingerprint density at radius 3 is 2.75 bits per heavy atom. The molecule has 0 spiro atoms. The predicted octanol–water partition coefficient (Wildman–Crippen LogP) is 1.79. The highest BCUT2D eigenvalue weighted by Crippen LogP contribution is 2.36. The number of aryl methyl sites for hydroxylation is 1. The standard InChI is InChI=1S/C16H17NO3/c1-20-10-9-17-15(18)13-8-4-6-11-5-2-3-7-12(11)14(13)16(17)19/h2-3,5,7H,4,6,8-10H2,1H3. The van der Waals surface area contributed by atoms with Gasteiger partial charge in [0, 0.05) is 12.7 Å². The summed E-state index contributed by atoms with van der Waals surface area (Å²) in [6.45, 7) is 0.697. The quantitative estimate of drug-likeness (QED) is 0.787. The van der Waals surface area contributed by atoms with Gasteiger partial charge < -0.3 is 4.74 Å². The molecule has 0 atom stereocenters. The zero-order chi connectivity index (χ0) is 14.1.